The molecule has 0 saturated heterocycles. The molecule has 0 aromatic carbocycles. The Morgan fingerprint density at radius 2 is 1.50 bits per heavy atom. The zero-order valence-electron chi connectivity index (χ0n) is 10.6. The van der Waals surface area contributed by atoms with Crippen molar-refractivity contribution in [3.63, 3.8) is 0 Å². The van der Waals surface area contributed by atoms with Crippen LogP contribution in [0.4, 0.5) is 0 Å². The van der Waals surface area contributed by atoms with Crippen LogP contribution in [-0.4, -0.2) is 28.4 Å². The summed E-state index contributed by atoms with van der Waals surface area (Å²) in [7, 11) is 0. The maximum atomic E-state index is 5.59. The van der Waals surface area contributed by atoms with Gasteiger partial charge in [0, 0.05) is 24.8 Å². The van der Waals surface area contributed by atoms with Crippen LogP contribution in [0.25, 0.3) is 0 Å². The topological polar surface area (TPSA) is 101 Å². The van der Waals surface area contributed by atoms with Crippen molar-refractivity contribution in [2.45, 2.75) is 0 Å². The van der Waals surface area contributed by atoms with Gasteiger partial charge in [-0.25, -0.2) is 5.43 Å². The first kappa shape index (κ1) is 13.3. The van der Waals surface area contributed by atoms with Crippen molar-refractivity contribution in [3.8, 4) is 0 Å². The van der Waals surface area contributed by atoms with Crippen molar-refractivity contribution < 1.29 is 0 Å². The van der Waals surface area contributed by atoms with E-state index in [1.54, 1.807) is 37.2 Å². The van der Waals surface area contributed by atoms with Gasteiger partial charge in [0.1, 0.15) is 0 Å². The summed E-state index contributed by atoms with van der Waals surface area (Å²) < 4.78 is 0. The molecule has 0 amide bonds. The lowest BCUT2D eigenvalue weighted by Gasteiger charge is -1.95. The van der Waals surface area contributed by atoms with Gasteiger partial charge in [-0.15, -0.1) is 5.10 Å². The van der Waals surface area contributed by atoms with Crippen molar-refractivity contribution in [2.24, 2.45) is 21.0 Å². The van der Waals surface area contributed by atoms with E-state index in [1.165, 1.54) is 0 Å². The molecule has 0 aliphatic carbocycles. The molecule has 2 rings (SSSR count). The molecule has 0 bridgehead atoms. The molecule has 0 atom stereocenters. The standard InChI is InChI=1S/C13H13N7/c14-13(19-17-9-11-1-5-15-6-2-11)20-18-10-12-3-7-16-8-4-12/h1-10H,(H3,14,19,20). The number of nitrogens with zero attached hydrogens (tertiary/aromatic N) is 5. The number of hydrogen-bond acceptors (Lipinski definition) is 5. The third-order valence-corrected chi connectivity index (χ3v) is 2.18. The van der Waals surface area contributed by atoms with Crippen LogP contribution in [0.3, 0.4) is 0 Å². The first-order valence-electron chi connectivity index (χ1n) is 5.80. The Hall–Kier alpha value is -3.09. The molecule has 0 aliphatic heterocycles. The molecule has 3 N–H and O–H groups in total. The van der Waals surface area contributed by atoms with Crippen molar-refractivity contribution >= 4 is 18.4 Å². The average molecular weight is 267 g/mol. The Labute approximate surface area is 116 Å². The normalized spacial score (nSPS) is 12.1. The van der Waals surface area contributed by atoms with Gasteiger partial charge in [-0.05, 0) is 35.4 Å². The lowest BCUT2D eigenvalue weighted by atomic mass is 10.3. The fourth-order valence-corrected chi connectivity index (χ4v) is 1.25. The average Bonchev–Trinajstić information content (AvgIpc) is 2.49. The monoisotopic (exact) mass is 267 g/mol. The number of pyridine rings is 2. The van der Waals surface area contributed by atoms with Crippen LogP contribution in [0.5, 0.6) is 0 Å². The summed E-state index contributed by atoms with van der Waals surface area (Å²) in [5.74, 6) is 0.0978. The number of nitrogens with two attached hydrogens (primary N) is 1. The van der Waals surface area contributed by atoms with Gasteiger partial charge in [0.05, 0.1) is 12.4 Å². The minimum Gasteiger partial charge on any atom is -0.367 e. The largest absolute Gasteiger partial charge is 0.367 e. The molecule has 2 aromatic heterocycles. The van der Waals surface area contributed by atoms with E-state index < -0.39 is 0 Å². The van der Waals surface area contributed by atoms with Gasteiger partial charge in [-0.1, -0.05) is 0 Å². The Morgan fingerprint density at radius 1 is 0.950 bits per heavy atom. The SMILES string of the molecule is N/C(=N\N=Cc1ccncc1)NN=Cc1ccncc1. The molecule has 0 spiro atoms. The Kier molecular flexibility index (Phi) is 4.92. The van der Waals surface area contributed by atoms with E-state index in [1.807, 2.05) is 24.3 Å². The van der Waals surface area contributed by atoms with Crippen LogP contribution in [0, 0.1) is 0 Å². The number of nitrogens with one attached hydrogen (secondary N) is 1. The van der Waals surface area contributed by atoms with Crippen molar-refractivity contribution in [2.75, 3.05) is 0 Å². The van der Waals surface area contributed by atoms with Crippen molar-refractivity contribution in [3.05, 3.63) is 60.2 Å². The van der Waals surface area contributed by atoms with Gasteiger partial charge >= 0.3 is 0 Å². The highest BCUT2D eigenvalue weighted by Crippen LogP contribution is 1.91. The Morgan fingerprint density at radius 3 is 2.10 bits per heavy atom. The predicted octanol–water partition coefficient (Wildman–Crippen LogP) is 0.749. The second-order valence-corrected chi connectivity index (χ2v) is 3.66. The van der Waals surface area contributed by atoms with Gasteiger partial charge in [0.15, 0.2) is 0 Å². The highest BCUT2D eigenvalue weighted by Gasteiger charge is 1.88. The maximum absolute atomic E-state index is 5.59. The third kappa shape index (κ3) is 4.65. The van der Waals surface area contributed by atoms with E-state index in [0.717, 1.165) is 11.1 Å². The number of hydrazone groups is 1. The molecule has 7 heteroatoms. The molecule has 0 fully saturated rings. The maximum Gasteiger partial charge on any atom is 0.234 e. The lowest BCUT2D eigenvalue weighted by Crippen LogP contribution is -2.26. The second kappa shape index (κ2) is 7.37. The van der Waals surface area contributed by atoms with Gasteiger partial charge in [-0.3, -0.25) is 9.97 Å². The molecular formula is C13H13N7. The van der Waals surface area contributed by atoms with E-state index >= 15 is 0 Å². The lowest BCUT2D eigenvalue weighted by molar-refractivity contribution is 0.994. The van der Waals surface area contributed by atoms with Gasteiger partial charge < -0.3 is 5.73 Å². The quantitative estimate of drug-likeness (QED) is 0.485. The molecule has 100 valence electrons. The molecule has 0 radical (unpaired) electrons. The summed E-state index contributed by atoms with van der Waals surface area (Å²) in [6, 6.07) is 7.26. The summed E-state index contributed by atoms with van der Waals surface area (Å²) in [5, 5.41) is 11.5. The van der Waals surface area contributed by atoms with E-state index in [9.17, 15) is 0 Å². The molecule has 2 heterocycles. The number of aromatic nitrogens is 2. The zero-order valence-corrected chi connectivity index (χ0v) is 10.6. The number of rotatable bonds is 4. The minimum absolute atomic E-state index is 0.0978. The van der Waals surface area contributed by atoms with Crippen molar-refractivity contribution in [1.29, 1.82) is 0 Å². The summed E-state index contributed by atoms with van der Waals surface area (Å²) in [6.07, 6.45) is 9.88. The summed E-state index contributed by atoms with van der Waals surface area (Å²) >= 11 is 0. The molecule has 0 aliphatic rings. The molecule has 0 saturated carbocycles. The first-order chi connectivity index (χ1) is 9.84. The van der Waals surface area contributed by atoms with Crippen molar-refractivity contribution in [1.82, 2.24) is 15.4 Å². The smallest absolute Gasteiger partial charge is 0.234 e. The highest BCUT2D eigenvalue weighted by molar-refractivity contribution is 5.84. The van der Waals surface area contributed by atoms with Crippen LogP contribution < -0.4 is 11.2 Å². The summed E-state index contributed by atoms with van der Waals surface area (Å²) in [5.41, 5.74) is 9.95. The van der Waals surface area contributed by atoms with Crippen LogP contribution in [0.2, 0.25) is 0 Å². The Bertz CT molecular complexity index is 605. The zero-order chi connectivity index (χ0) is 14.0. The van der Waals surface area contributed by atoms with Crippen LogP contribution >= 0.6 is 0 Å². The van der Waals surface area contributed by atoms with Gasteiger partial charge in [0.2, 0.25) is 5.96 Å². The van der Waals surface area contributed by atoms with E-state index in [-0.39, 0.29) is 5.96 Å². The molecule has 0 unspecified atom stereocenters. The molecular weight excluding hydrogens is 254 g/mol. The third-order valence-electron chi connectivity index (χ3n) is 2.18. The second-order valence-electron chi connectivity index (χ2n) is 3.66. The summed E-state index contributed by atoms with van der Waals surface area (Å²) in [6.45, 7) is 0. The van der Waals surface area contributed by atoms with Gasteiger partial charge in [-0.2, -0.15) is 10.2 Å². The fraction of sp³-hybridized carbons (Fsp3) is 0. The molecule has 2 aromatic rings. The van der Waals surface area contributed by atoms with E-state index in [2.05, 4.69) is 30.7 Å². The molecule has 7 nitrogen and oxygen atoms in total. The Balaban J connectivity index is 1.86. The van der Waals surface area contributed by atoms with Crippen LogP contribution in [0.1, 0.15) is 11.1 Å². The summed E-state index contributed by atoms with van der Waals surface area (Å²) in [4.78, 5) is 7.80. The number of guanidine groups is 1. The minimum atomic E-state index is 0.0978. The fourth-order valence-electron chi connectivity index (χ4n) is 1.25. The van der Waals surface area contributed by atoms with E-state index in [0.29, 0.717) is 0 Å². The number of hydrogen-bond donors (Lipinski definition) is 2. The van der Waals surface area contributed by atoms with Crippen LogP contribution in [0.15, 0.2) is 64.4 Å². The highest BCUT2D eigenvalue weighted by atomic mass is 15.4. The van der Waals surface area contributed by atoms with Crippen LogP contribution in [-0.2, 0) is 0 Å². The van der Waals surface area contributed by atoms with Gasteiger partial charge in [0.25, 0.3) is 0 Å². The predicted molar refractivity (Wildman–Crippen MR) is 78.4 cm³/mol. The first-order valence-corrected chi connectivity index (χ1v) is 5.80. The molecule has 20 heavy (non-hydrogen) atoms. The van der Waals surface area contributed by atoms with E-state index in [4.69, 9.17) is 5.73 Å².